The highest BCUT2D eigenvalue weighted by atomic mass is 79.9. The van der Waals surface area contributed by atoms with Gasteiger partial charge in [-0.05, 0) is 24.1 Å². The molecule has 0 saturated heterocycles. The molecule has 2 aromatic rings. The van der Waals surface area contributed by atoms with Crippen LogP contribution in [0.4, 0.5) is 5.13 Å². The lowest BCUT2D eigenvalue weighted by molar-refractivity contribution is 0.102. The fourth-order valence-corrected chi connectivity index (χ4v) is 3.68. The molecule has 0 spiro atoms. The minimum Gasteiger partial charge on any atom is -0.296 e. The molecule has 0 bridgehead atoms. The zero-order valence-corrected chi connectivity index (χ0v) is 15.4. The van der Waals surface area contributed by atoms with Gasteiger partial charge in [0.15, 0.2) is 4.34 Å². The van der Waals surface area contributed by atoms with Gasteiger partial charge in [0.1, 0.15) is 0 Å². The van der Waals surface area contributed by atoms with Crippen LogP contribution in [-0.4, -0.2) is 21.9 Å². The fourth-order valence-electron chi connectivity index (χ4n) is 1.39. The van der Waals surface area contributed by atoms with Crippen LogP contribution in [0.15, 0.2) is 27.0 Å². The maximum atomic E-state index is 12.2. The van der Waals surface area contributed by atoms with Crippen LogP contribution in [0.1, 0.15) is 24.2 Å². The van der Waals surface area contributed by atoms with Gasteiger partial charge in [-0.25, -0.2) is 0 Å². The molecule has 0 atom stereocenters. The summed E-state index contributed by atoms with van der Waals surface area (Å²) in [4.78, 5) is 12.2. The predicted octanol–water partition coefficient (Wildman–Crippen LogP) is 4.95. The van der Waals surface area contributed by atoms with E-state index in [9.17, 15) is 4.79 Å². The minimum absolute atomic E-state index is 0.294. The number of carbonyl (C=O) groups is 1. The number of anilines is 1. The number of rotatable bonds is 5. The molecule has 1 amide bonds. The molecule has 0 aliphatic heterocycles. The second-order valence-electron chi connectivity index (χ2n) is 4.66. The summed E-state index contributed by atoms with van der Waals surface area (Å²) in [5.41, 5.74) is 0.401. The predicted molar refractivity (Wildman–Crippen MR) is 92.6 cm³/mol. The van der Waals surface area contributed by atoms with Gasteiger partial charge in [0, 0.05) is 10.2 Å². The number of thioether (sulfide) groups is 1. The van der Waals surface area contributed by atoms with Crippen LogP contribution in [0.5, 0.6) is 0 Å². The normalized spacial score (nSPS) is 10.9. The highest BCUT2D eigenvalue weighted by Crippen LogP contribution is 2.28. The highest BCUT2D eigenvalue weighted by molar-refractivity contribution is 9.10. The summed E-state index contributed by atoms with van der Waals surface area (Å²) >= 11 is 12.3. The number of amides is 1. The molecule has 0 fully saturated rings. The first-order chi connectivity index (χ1) is 9.95. The lowest BCUT2D eigenvalue weighted by atomic mass is 10.2. The average Bonchev–Trinajstić information content (AvgIpc) is 2.86. The summed E-state index contributed by atoms with van der Waals surface area (Å²) < 4.78 is 1.64. The SMILES string of the molecule is CC(C)CSc1nnc(NC(=O)c2cc(Br)ccc2Cl)s1. The van der Waals surface area contributed by atoms with Crippen molar-refractivity contribution in [1.82, 2.24) is 10.2 Å². The van der Waals surface area contributed by atoms with Crippen LogP contribution >= 0.6 is 50.6 Å². The summed E-state index contributed by atoms with van der Waals surface area (Å²) in [7, 11) is 0. The van der Waals surface area contributed by atoms with Crippen LogP contribution < -0.4 is 5.32 Å². The van der Waals surface area contributed by atoms with E-state index >= 15 is 0 Å². The quantitative estimate of drug-likeness (QED) is 0.563. The standard InChI is InChI=1S/C13H13BrClN3OS2/c1-7(2)6-20-13-18-17-12(21-13)16-11(19)9-5-8(14)3-4-10(9)15/h3-5,7H,6H2,1-2H3,(H,16,17,19). The van der Waals surface area contributed by atoms with Gasteiger partial charge >= 0.3 is 0 Å². The largest absolute Gasteiger partial charge is 0.296 e. The summed E-state index contributed by atoms with van der Waals surface area (Å²) in [5.74, 6) is 1.26. The van der Waals surface area contributed by atoms with E-state index in [0.717, 1.165) is 14.6 Å². The maximum Gasteiger partial charge on any atom is 0.259 e. The third-order valence-electron chi connectivity index (χ3n) is 2.34. The van der Waals surface area contributed by atoms with Crippen LogP contribution in [0.2, 0.25) is 5.02 Å². The third-order valence-corrected chi connectivity index (χ3v) is 5.56. The molecule has 0 unspecified atom stereocenters. The van der Waals surface area contributed by atoms with Gasteiger partial charge in [0.2, 0.25) is 5.13 Å². The number of hydrogen-bond donors (Lipinski definition) is 1. The summed E-state index contributed by atoms with van der Waals surface area (Å²) in [5, 5.41) is 11.6. The van der Waals surface area contributed by atoms with E-state index in [0.29, 0.717) is 21.6 Å². The Hall–Kier alpha value is -0.630. The second kappa shape index (κ2) is 7.58. The molecule has 2 rings (SSSR count). The number of benzene rings is 1. The molecule has 112 valence electrons. The average molecular weight is 407 g/mol. The van der Waals surface area contributed by atoms with E-state index in [1.165, 1.54) is 11.3 Å². The molecule has 1 heterocycles. The van der Waals surface area contributed by atoms with Crippen molar-refractivity contribution in [2.75, 3.05) is 11.1 Å². The Balaban J connectivity index is 2.04. The van der Waals surface area contributed by atoms with Crippen LogP contribution in [0, 0.1) is 5.92 Å². The summed E-state index contributed by atoms with van der Waals surface area (Å²) in [6.45, 7) is 4.29. The van der Waals surface area contributed by atoms with Gasteiger partial charge in [-0.3, -0.25) is 10.1 Å². The fraction of sp³-hybridized carbons (Fsp3) is 0.308. The first-order valence-corrected chi connectivity index (χ1v) is 9.15. The van der Waals surface area contributed by atoms with E-state index in [-0.39, 0.29) is 5.91 Å². The van der Waals surface area contributed by atoms with E-state index in [2.05, 4.69) is 45.3 Å². The molecule has 8 heteroatoms. The zero-order valence-electron chi connectivity index (χ0n) is 11.4. The van der Waals surface area contributed by atoms with Crippen molar-refractivity contribution in [3.8, 4) is 0 Å². The van der Waals surface area contributed by atoms with Crippen molar-refractivity contribution >= 4 is 61.7 Å². The zero-order chi connectivity index (χ0) is 15.4. The molecule has 0 saturated carbocycles. The number of carbonyl (C=O) groups excluding carboxylic acids is 1. The summed E-state index contributed by atoms with van der Waals surface area (Å²) in [6.07, 6.45) is 0. The topological polar surface area (TPSA) is 54.9 Å². The number of nitrogens with zero attached hydrogens (tertiary/aromatic N) is 2. The van der Waals surface area contributed by atoms with E-state index in [1.54, 1.807) is 30.0 Å². The Morgan fingerprint density at radius 1 is 1.48 bits per heavy atom. The van der Waals surface area contributed by atoms with Crippen molar-refractivity contribution in [1.29, 1.82) is 0 Å². The molecular weight excluding hydrogens is 394 g/mol. The number of nitrogens with one attached hydrogen (secondary N) is 1. The summed E-state index contributed by atoms with van der Waals surface area (Å²) in [6, 6.07) is 5.13. The van der Waals surface area contributed by atoms with Gasteiger partial charge in [-0.1, -0.05) is 64.5 Å². The monoisotopic (exact) mass is 405 g/mol. The van der Waals surface area contributed by atoms with Crippen molar-refractivity contribution < 1.29 is 4.79 Å². The molecule has 4 nitrogen and oxygen atoms in total. The Labute approximate surface area is 144 Å². The molecule has 21 heavy (non-hydrogen) atoms. The van der Waals surface area contributed by atoms with Gasteiger partial charge in [-0.2, -0.15) is 0 Å². The highest BCUT2D eigenvalue weighted by Gasteiger charge is 2.14. The molecule has 0 aliphatic rings. The van der Waals surface area contributed by atoms with E-state index in [4.69, 9.17) is 11.6 Å². The van der Waals surface area contributed by atoms with Crippen LogP contribution in [0.25, 0.3) is 0 Å². The molecule has 1 aromatic heterocycles. The van der Waals surface area contributed by atoms with E-state index < -0.39 is 0 Å². The van der Waals surface area contributed by atoms with Crippen LogP contribution in [-0.2, 0) is 0 Å². The smallest absolute Gasteiger partial charge is 0.259 e. The number of halogens is 2. The van der Waals surface area contributed by atoms with Crippen molar-refractivity contribution in [2.24, 2.45) is 5.92 Å². The number of hydrogen-bond acceptors (Lipinski definition) is 5. The molecule has 1 aromatic carbocycles. The van der Waals surface area contributed by atoms with Gasteiger partial charge < -0.3 is 0 Å². The van der Waals surface area contributed by atoms with Gasteiger partial charge in [0.05, 0.1) is 10.6 Å². The Morgan fingerprint density at radius 2 is 2.24 bits per heavy atom. The Kier molecular flexibility index (Phi) is 6.04. The third kappa shape index (κ3) is 4.95. The number of aromatic nitrogens is 2. The van der Waals surface area contributed by atoms with Gasteiger partial charge in [-0.15, -0.1) is 10.2 Å². The molecule has 0 aliphatic carbocycles. The lowest BCUT2D eigenvalue weighted by Gasteiger charge is -2.04. The van der Waals surface area contributed by atoms with Crippen LogP contribution in [0.3, 0.4) is 0 Å². The molecule has 1 N–H and O–H groups in total. The van der Waals surface area contributed by atoms with Crippen molar-refractivity contribution in [3.63, 3.8) is 0 Å². The minimum atomic E-state index is -0.294. The first kappa shape index (κ1) is 16.7. The van der Waals surface area contributed by atoms with Crippen molar-refractivity contribution in [3.05, 3.63) is 33.3 Å². The Morgan fingerprint density at radius 3 is 2.95 bits per heavy atom. The molecule has 0 radical (unpaired) electrons. The second-order valence-corrected chi connectivity index (χ2v) is 8.22. The van der Waals surface area contributed by atoms with Gasteiger partial charge in [0.25, 0.3) is 5.91 Å². The Bertz CT molecular complexity index is 648. The van der Waals surface area contributed by atoms with Crippen molar-refractivity contribution in [2.45, 2.75) is 18.2 Å². The lowest BCUT2D eigenvalue weighted by Crippen LogP contribution is -2.12. The first-order valence-electron chi connectivity index (χ1n) is 6.18. The van der Waals surface area contributed by atoms with E-state index in [1.807, 2.05) is 0 Å². The molecular formula is C13H13BrClN3OS2. The maximum absolute atomic E-state index is 12.2.